The number of carbonyl (C=O) groups is 1. The minimum Gasteiger partial charge on any atom is -0.456 e. The summed E-state index contributed by atoms with van der Waals surface area (Å²) < 4.78 is 5.63. The van der Waals surface area contributed by atoms with Crippen molar-refractivity contribution in [1.82, 2.24) is 0 Å². The number of Topliss-reactive ketones (excluding diaryl/α,β-unsaturated/α-hetero) is 1. The number of benzene rings is 2. The number of ketones is 1. The van der Waals surface area contributed by atoms with Gasteiger partial charge in [0.1, 0.15) is 11.5 Å². The van der Waals surface area contributed by atoms with Gasteiger partial charge >= 0.3 is 0 Å². The molecule has 0 aliphatic carbocycles. The Morgan fingerprint density at radius 2 is 1.74 bits per heavy atom. The molecule has 0 bridgehead atoms. The minimum atomic E-state index is 0.0271. The average Bonchev–Trinajstić information content (AvgIpc) is 2.42. The number of alkyl halides is 1. The summed E-state index contributed by atoms with van der Waals surface area (Å²) in [5.74, 6) is 1.58. The molecule has 0 saturated heterocycles. The first kappa shape index (κ1) is 13.9. The first-order chi connectivity index (χ1) is 9.20. The molecular formula is C15H12Cl2O2. The van der Waals surface area contributed by atoms with E-state index in [4.69, 9.17) is 27.9 Å². The molecule has 0 unspecified atom stereocenters. The molecule has 98 valence electrons. The first-order valence-corrected chi connectivity index (χ1v) is 6.73. The summed E-state index contributed by atoms with van der Waals surface area (Å²) in [4.78, 5) is 11.6. The Kier molecular flexibility index (Phi) is 4.83. The van der Waals surface area contributed by atoms with E-state index in [0.717, 1.165) is 0 Å². The number of para-hydroxylation sites is 1. The number of hydrogen-bond acceptors (Lipinski definition) is 2. The lowest BCUT2D eigenvalue weighted by Gasteiger charge is -2.07. The van der Waals surface area contributed by atoms with Crippen molar-refractivity contribution in [2.45, 2.75) is 6.42 Å². The molecule has 4 heteroatoms. The fraction of sp³-hybridized carbons (Fsp3) is 0.133. The van der Waals surface area contributed by atoms with E-state index in [-0.39, 0.29) is 5.78 Å². The molecule has 2 nitrogen and oxygen atoms in total. The Morgan fingerprint density at radius 3 is 2.37 bits per heavy atom. The molecule has 0 aliphatic rings. The zero-order chi connectivity index (χ0) is 13.7. The van der Waals surface area contributed by atoms with Crippen molar-refractivity contribution in [3.8, 4) is 11.5 Å². The van der Waals surface area contributed by atoms with E-state index in [1.807, 2.05) is 12.1 Å². The SMILES string of the molecule is O=C(CCCl)c1ccc(Oc2ccccc2Cl)cc1. The molecule has 2 aromatic rings. The summed E-state index contributed by atoms with van der Waals surface area (Å²) in [5.41, 5.74) is 0.632. The third kappa shape index (κ3) is 3.72. The van der Waals surface area contributed by atoms with Gasteiger partial charge in [-0.15, -0.1) is 11.6 Å². The third-order valence-corrected chi connectivity index (χ3v) is 3.06. The molecule has 0 heterocycles. The van der Waals surface area contributed by atoms with Crippen molar-refractivity contribution in [3.63, 3.8) is 0 Å². The topological polar surface area (TPSA) is 26.3 Å². The largest absolute Gasteiger partial charge is 0.456 e. The summed E-state index contributed by atoms with van der Waals surface area (Å²) in [6.45, 7) is 0. The number of rotatable bonds is 5. The van der Waals surface area contributed by atoms with Gasteiger partial charge in [-0.3, -0.25) is 4.79 Å². The van der Waals surface area contributed by atoms with Crippen molar-refractivity contribution < 1.29 is 9.53 Å². The van der Waals surface area contributed by atoms with Gasteiger partial charge in [0.05, 0.1) is 5.02 Å². The van der Waals surface area contributed by atoms with Gasteiger partial charge in [0.15, 0.2) is 5.78 Å². The first-order valence-electron chi connectivity index (χ1n) is 5.82. The summed E-state index contributed by atoms with van der Waals surface area (Å²) >= 11 is 11.5. The van der Waals surface area contributed by atoms with Crippen LogP contribution in [0, 0.1) is 0 Å². The number of ether oxygens (including phenoxy) is 1. The van der Waals surface area contributed by atoms with Crippen LogP contribution in [0.2, 0.25) is 5.02 Å². The Labute approximate surface area is 121 Å². The highest BCUT2D eigenvalue weighted by atomic mass is 35.5. The fourth-order valence-electron chi connectivity index (χ4n) is 1.59. The lowest BCUT2D eigenvalue weighted by molar-refractivity contribution is 0.0989. The van der Waals surface area contributed by atoms with Gasteiger partial charge in [0.25, 0.3) is 0 Å². The smallest absolute Gasteiger partial charge is 0.164 e. The van der Waals surface area contributed by atoms with E-state index in [2.05, 4.69) is 0 Å². The molecule has 0 atom stereocenters. The van der Waals surface area contributed by atoms with Gasteiger partial charge in [-0.1, -0.05) is 23.7 Å². The molecule has 0 spiro atoms. The van der Waals surface area contributed by atoms with Crippen LogP contribution in [0.4, 0.5) is 0 Å². The fourth-order valence-corrected chi connectivity index (χ4v) is 1.94. The van der Waals surface area contributed by atoms with Crippen LogP contribution < -0.4 is 4.74 Å². The van der Waals surface area contributed by atoms with E-state index in [0.29, 0.717) is 34.4 Å². The second-order valence-electron chi connectivity index (χ2n) is 3.92. The Hall–Kier alpha value is -1.51. The molecule has 2 rings (SSSR count). The van der Waals surface area contributed by atoms with Crippen LogP contribution in [-0.2, 0) is 0 Å². The van der Waals surface area contributed by atoms with Crippen LogP contribution in [0.15, 0.2) is 48.5 Å². The van der Waals surface area contributed by atoms with Gasteiger partial charge in [-0.25, -0.2) is 0 Å². The Bertz CT molecular complexity index is 565. The maximum absolute atomic E-state index is 11.6. The predicted octanol–water partition coefficient (Wildman–Crippen LogP) is 4.94. The number of hydrogen-bond donors (Lipinski definition) is 0. The average molecular weight is 295 g/mol. The van der Waals surface area contributed by atoms with Crippen molar-refractivity contribution in [2.24, 2.45) is 0 Å². The van der Waals surface area contributed by atoms with Gasteiger partial charge in [0, 0.05) is 17.9 Å². The molecular weight excluding hydrogens is 283 g/mol. The van der Waals surface area contributed by atoms with Gasteiger partial charge in [-0.2, -0.15) is 0 Å². The normalized spacial score (nSPS) is 10.2. The predicted molar refractivity (Wildman–Crippen MR) is 77.6 cm³/mol. The van der Waals surface area contributed by atoms with Crippen LogP contribution in [-0.4, -0.2) is 11.7 Å². The van der Waals surface area contributed by atoms with Crippen LogP contribution in [0.3, 0.4) is 0 Å². The highest BCUT2D eigenvalue weighted by Crippen LogP contribution is 2.28. The molecule has 0 fully saturated rings. The minimum absolute atomic E-state index is 0.0271. The van der Waals surface area contributed by atoms with E-state index in [1.165, 1.54) is 0 Å². The molecule has 0 aromatic heterocycles. The monoisotopic (exact) mass is 294 g/mol. The maximum atomic E-state index is 11.6. The molecule has 0 N–H and O–H groups in total. The second kappa shape index (κ2) is 6.60. The van der Waals surface area contributed by atoms with Crippen molar-refractivity contribution in [2.75, 3.05) is 5.88 Å². The van der Waals surface area contributed by atoms with Crippen LogP contribution in [0.5, 0.6) is 11.5 Å². The standard InChI is InChI=1S/C15H12Cl2O2/c16-10-9-14(18)11-5-7-12(8-6-11)19-15-4-2-1-3-13(15)17/h1-8H,9-10H2. The molecule has 0 aliphatic heterocycles. The van der Waals surface area contributed by atoms with Crippen molar-refractivity contribution in [1.29, 1.82) is 0 Å². The highest BCUT2D eigenvalue weighted by Gasteiger charge is 2.06. The van der Waals surface area contributed by atoms with Crippen molar-refractivity contribution >= 4 is 29.0 Å². The summed E-state index contributed by atoms with van der Waals surface area (Å²) in [6.07, 6.45) is 0.340. The number of carbonyl (C=O) groups excluding carboxylic acids is 1. The van der Waals surface area contributed by atoms with Gasteiger partial charge in [-0.05, 0) is 36.4 Å². The van der Waals surface area contributed by atoms with Gasteiger partial charge in [0.2, 0.25) is 0 Å². The Balaban J connectivity index is 2.11. The van der Waals surface area contributed by atoms with E-state index >= 15 is 0 Å². The highest BCUT2D eigenvalue weighted by molar-refractivity contribution is 6.32. The molecule has 0 radical (unpaired) electrons. The van der Waals surface area contributed by atoms with Crippen LogP contribution in [0.25, 0.3) is 0 Å². The molecule has 0 amide bonds. The molecule has 0 saturated carbocycles. The molecule has 2 aromatic carbocycles. The van der Waals surface area contributed by atoms with E-state index in [9.17, 15) is 4.79 Å². The quantitative estimate of drug-likeness (QED) is 0.576. The Morgan fingerprint density at radius 1 is 1.05 bits per heavy atom. The lowest BCUT2D eigenvalue weighted by atomic mass is 10.1. The lowest BCUT2D eigenvalue weighted by Crippen LogP contribution is -1.99. The van der Waals surface area contributed by atoms with E-state index < -0.39 is 0 Å². The van der Waals surface area contributed by atoms with Gasteiger partial charge < -0.3 is 4.74 Å². The van der Waals surface area contributed by atoms with Crippen molar-refractivity contribution in [3.05, 3.63) is 59.1 Å². The zero-order valence-electron chi connectivity index (χ0n) is 10.1. The summed E-state index contributed by atoms with van der Waals surface area (Å²) in [5, 5.41) is 0.546. The second-order valence-corrected chi connectivity index (χ2v) is 4.70. The summed E-state index contributed by atoms with van der Waals surface area (Å²) in [7, 11) is 0. The zero-order valence-corrected chi connectivity index (χ0v) is 11.6. The van der Waals surface area contributed by atoms with Crippen LogP contribution in [0.1, 0.15) is 16.8 Å². The number of halogens is 2. The summed E-state index contributed by atoms with van der Waals surface area (Å²) in [6, 6.07) is 14.2. The third-order valence-electron chi connectivity index (χ3n) is 2.56. The molecule has 19 heavy (non-hydrogen) atoms. The van der Waals surface area contributed by atoms with Crippen LogP contribution >= 0.6 is 23.2 Å². The maximum Gasteiger partial charge on any atom is 0.164 e. The van der Waals surface area contributed by atoms with E-state index in [1.54, 1.807) is 36.4 Å².